The number of hydrogen-bond donors (Lipinski definition) is 1. The summed E-state index contributed by atoms with van der Waals surface area (Å²) < 4.78 is 67.1. The molecular formula is C27H25F6N2OPS. The number of morpholine rings is 1. The molecule has 1 fully saturated rings. The van der Waals surface area contributed by atoms with E-state index in [0.29, 0.717) is 0 Å². The van der Waals surface area contributed by atoms with Crippen LogP contribution in [-0.4, -0.2) is 36.6 Å². The minimum Gasteiger partial charge on any atom is -0.399 e. The third kappa shape index (κ3) is 9.04. The number of nitrogens with zero attached hydrogens (tertiary/aromatic N) is 1. The molecule has 0 radical (unpaired) electrons. The van der Waals surface area contributed by atoms with E-state index in [1.165, 1.54) is 37.8 Å². The molecule has 0 atom stereocenters. The molecule has 2 heterocycles. The van der Waals surface area contributed by atoms with Crippen LogP contribution in [0.2, 0.25) is 0 Å². The van der Waals surface area contributed by atoms with Crippen LogP contribution in [0.15, 0.2) is 102 Å². The standard InChI is InChI=1S/C27H24N2OS.F6P/c28-24-10-6-21(7-11-24)26-18-23(20-4-2-1-3-5-20)19-27(31-26)22-8-12-25(13-9-22)29-14-16-30-17-15-29;1-7(2,3,4,5)6/h1-13,18-19,28H,14-17H2;/q;-1/p+1. The van der Waals surface area contributed by atoms with Gasteiger partial charge in [0, 0.05) is 27.6 Å². The molecule has 2 aliphatic heterocycles. The van der Waals surface area contributed by atoms with Crippen LogP contribution < -0.4 is 5.73 Å². The predicted octanol–water partition coefficient (Wildman–Crippen LogP) is 8.69. The first-order chi connectivity index (χ1) is 17.7. The van der Waals surface area contributed by atoms with E-state index in [2.05, 4.69) is 83.5 Å². The van der Waals surface area contributed by atoms with Gasteiger partial charge in [-0.05, 0) is 58.7 Å². The first-order valence-electron chi connectivity index (χ1n) is 11.6. The molecule has 3 nitrogen and oxygen atoms in total. The molecule has 202 valence electrons. The van der Waals surface area contributed by atoms with Crippen LogP contribution in [0.3, 0.4) is 0 Å². The summed E-state index contributed by atoms with van der Waals surface area (Å²) in [6.07, 6.45) is 13.5. The van der Waals surface area contributed by atoms with E-state index in [1.807, 2.05) is 23.9 Å². The number of halogens is 6. The fraction of sp³-hybridized carbons (Fsp3) is 0.148. The smallest absolute Gasteiger partial charge is 0.200 e. The minimum absolute atomic E-state index is 0.784. The Balaban J connectivity index is 0.000000426. The predicted molar refractivity (Wildman–Crippen MR) is 146 cm³/mol. The Hall–Kier alpha value is -3.07. The van der Waals surface area contributed by atoms with E-state index in [1.54, 1.807) is 0 Å². The summed E-state index contributed by atoms with van der Waals surface area (Å²) in [4.78, 5) is 2.48. The summed E-state index contributed by atoms with van der Waals surface area (Å²) in [6.45, 7) is 3.50. The van der Waals surface area contributed by atoms with E-state index >= 15 is 0 Å². The van der Waals surface area contributed by atoms with Crippen LogP contribution >= 0.6 is 19.6 Å². The van der Waals surface area contributed by atoms with Gasteiger partial charge in [-0.2, -0.15) is 0 Å². The number of nitrogens with two attached hydrogens (primary N) is 1. The SMILES string of the molecule is F[P-](F)(F)(F)(F)F.Nc1ccc(C2=CC(c3ccccc3)=CC(=C3C=CC(=[N+]4CCOCC4)C=C3)S2)cc1. The van der Waals surface area contributed by atoms with Crippen molar-refractivity contribution in [2.24, 2.45) is 0 Å². The second-order valence-electron chi connectivity index (χ2n) is 8.67. The molecular weight excluding hydrogens is 545 g/mol. The fourth-order valence-electron chi connectivity index (χ4n) is 3.89. The van der Waals surface area contributed by atoms with Gasteiger partial charge in [0.1, 0.15) is 13.2 Å². The molecule has 0 aromatic heterocycles. The van der Waals surface area contributed by atoms with Crippen molar-refractivity contribution in [3.63, 3.8) is 0 Å². The zero-order chi connectivity index (χ0) is 27.5. The molecule has 0 saturated carbocycles. The van der Waals surface area contributed by atoms with Crippen LogP contribution in [-0.2, 0) is 4.74 Å². The monoisotopic (exact) mass is 570 g/mol. The fourth-order valence-corrected chi connectivity index (χ4v) is 5.01. The quantitative estimate of drug-likeness (QED) is 0.170. The van der Waals surface area contributed by atoms with E-state index in [-0.39, 0.29) is 0 Å². The number of nitrogen functional groups attached to an aromatic ring is 1. The van der Waals surface area contributed by atoms with Crippen LogP contribution in [0.5, 0.6) is 0 Å². The molecule has 0 amide bonds. The number of allylic oxidation sites excluding steroid dienone is 8. The molecule has 2 aromatic rings. The van der Waals surface area contributed by atoms with E-state index in [4.69, 9.17) is 10.5 Å². The molecule has 0 unspecified atom stereocenters. The first-order valence-corrected chi connectivity index (χ1v) is 14.4. The summed E-state index contributed by atoms with van der Waals surface area (Å²) in [7, 11) is -10.7. The molecule has 1 aliphatic carbocycles. The zero-order valence-corrected chi connectivity index (χ0v) is 21.8. The van der Waals surface area contributed by atoms with Crippen molar-refractivity contribution >= 4 is 41.4 Å². The van der Waals surface area contributed by atoms with Gasteiger partial charge in [-0.25, -0.2) is 4.58 Å². The Bertz CT molecular complexity index is 1350. The Morgan fingerprint density at radius 3 is 1.89 bits per heavy atom. The number of rotatable bonds is 2. The summed E-state index contributed by atoms with van der Waals surface area (Å²) in [5, 5.41) is 0. The Morgan fingerprint density at radius 2 is 1.32 bits per heavy atom. The van der Waals surface area contributed by atoms with Gasteiger partial charge < -0.3 is 10.5 Å². The summed E-state index contributed by atoms with van der Waals surface area (Å²) in [5.74, 6) is 0. The van der Waals surface area contributed by atoms with Gasteiger partial charge in [0.2, 0.25) is 0 Å². The Kier molecular flexibility index (Phi) is 7.54. The third-order valence-corrected chi connectivity index (χ3v) is 6.77. The number of anilines is 1. The van der Waals surface area contributed by atoms with Gasteiger partial charge in [-0.3, -0.25) is 0 Å². The number of benzene rings is 2. The second-order valence-corrected chi connectivity index (χ2v) is 11.7. The molecule has 3 aliphatic rings. The maximum Gasteiger partial charge on any atom is 0.200 e. The Morgan fingerprint density at radius 1 is 0.737 bits per heavy atom. The minimum atomic E-state index is -10.7. The molecule has 38 heavy (non-hydrogen) atoms. The maximum atomic E-state index is 9.87. The van der Waals surface area contributed by atoms with Crippen molar-refractivity contribution < 1.29 is 34.5 Å². The summed E-state index contributed by atoms with van der Waals surface area (Å²) in [6, 6.07) is 18.7. The van der Waals surface area contributed by atoms with Crippen LogP contribution in [0.25, 0.3) is 10.5 Å². The molecule has 2 aromatic carbocycles. The molecule has 2 N–H and O–H groups in total. The molecule has 1 saturated heterocycles. The summed E-state index contributed by atoms with van der Waals surface area (Å²) >= 11 is 1.81. The summed E-state index contributed by atoms with van der Waals surface area (Å²) in [5.41, 5.74) is 12.8. The number of thioether (sulfide) groups is 1. The van der Waals surface area contributed by atoms with Crippen LogP contribution in [0.4, 0.5) is 30.9 Å². The van der Waals surface area contributed by atoms with E-state index in [9.17, 15) is 25.2 Å². The van der Waals surface area contributed by atoms with Gasteiger partial charge in [-0.1, -0.05) is 54.2 Å². The third-order valence-electron chi connectivity index (χ3n) is 5.62. The zero-order valence-electron chi connectivity index (χ0n) is 20.0. The van der Waals surface area contributed by atoms with Gasteiger partial charge in [0.05, 0.1) is 0 Å². The van der Waals surface area contributed by atoms with Crippen molar-refractivity contribution in [2.75, 3.05) is 32.0 Å². The van der Waals surface area contributed by atoms with Crippen molar-refractivity contribution in [2.45, 2.75) is 0 Å². The van der Waals surface area contributed by atoms with Crippen LogP contribution in [0.1, 0.15) is 11.1 Å². The topological polar surface area (TPSA) is 38.3 Å². The molecule has 0 bridgehead atoms. The largest absolute Gasteiger partial charge is 0.399 e. The molecule has 0 spiro atoms. The maximum absolute atomic E-state index is 10.7. The van der Waals surface area contributed by atoms with Gasteiger partial charge in [0.25, 0.3) is 0 Å². The van der Waals surface area contributed by atoms with Crippen molar-refractivity contribution in [1.29, 1.82) is 0 Å². The van der Waals surface area contributed by atoms with Crippen molar-refractivity contribution in [1.82, 2.24) is 0 Å². The van der Waals surface area contributed by atoms with E-state index < -0.39 is 7.81 Å². The average Bonchev–Trinajstić information content (AvgIpc) is 2.88. The van der Waals surface area contributed by atoms with Crippen molar-refractivity contribution in [3.8, 4) is 0 Å². The van der Waals surface area contributed by atoms with Gasteiger partial charge >= 0.3 is 33.0 Å². The average molecular weight is 571 g/mol. The van der Waals surface area contributed by atoms with Gasteiger partial charge in [0.15, 0.2) is 18.8 Å². The first kappa shape index (κ1) is 28.0. The van der Waals surface area contributed by atoms with Gasteiger partial charge in [-0.15, -0.1) is 0 Å². The van der Waals surface area contributed by atoms with Crippen molar-refractivity contribution in [3.05, 3.63) is 113 Å². The molecule has 5 rings (SSSR count). The van der Waals surface area contributed by atoms with Crippen LogP contribution in [0, 0.1) is 0 Å². The number of hydrogen-bond acceptors (Lipinski definition) is 3. The second kappa shape index (κ2) is 10.2. The number of ether oxygens (including phenoxy) is 1. The molecule has 11 heteroatoms. The van der Waals surface area contributed by atoms with E-state index in [0.717, 1.165) is 32.0 Å². The Labute approximate surface area is 220 Å². The normalized spacial score (nSPS) is 19.6.